The maximum atomic E-state index is 2.63. The van der Waals surface area contributed by atoms with Gasteiger partial charge in [0.1, 0.15) is 0 Å². The van der Waals surface area contributed by atoms with E-state index in [0.29, 0.717) is 16.9 Å². The van der Waals surface area contributed by atoms with Crippen molar-refractivity contribution in [1.82, 2.24) is 4.90 Å². The molecule has 0 aromatic heterocycles. The molecular weight excluding hydrogens is 206 g/mol. The van der Waals surface area contributed by atoms with E-state index < -0.39 is 0 Å². The van der Waals surface area contributed by atoms with Crippen molar-refractivity contribution in [3.8, 4) is 0 Å². The average Bonchev–Trinajstić information content (AvgIpc) is 2.22. The number of rotatable bonds is 2. The van der Waals surface area contributed by atoms with Crippen LogP contribution in [0.3, 0.4) is 0 Å². The summed E-state index contributed by atoms with van der Waals surface area (Å²) in [7, 11) is 0. The van der Waals surface area contributed by atoms with E-state index in [2.05, 4.69) is 56.0 Å². The fourth-order valence-electron chi connectivity index (χ4n) is 4.23. The summed E-state index contributed by atoms with van der Waals surface area (Å²) in [5.74, 6) is 0. The van der Waals surface area contributed by atoms with Crippen molar-refractivity contribution in [3.63, 3.8) is 0 Å². The molecule has 1 heteroatoms. The van der Waals surface area contributed by atoms with E-state index >= 15 is 0 Å². The highest BCUT2D eigenvalue weighted by Gasteiger charge is 2.56. The van der Waals surface area contributed by atoms with Crippen molar-refractivity contribution >= 4 is 0 Å². The van der Waals surface area contributed by atoms with E-state index in [-0.39, 0.29) is 0 Å². The number of hydrogen-bond donors (Lipinski definition) is 0. The third-order valence-electron chi connectivity index (χ3n) is 4.61. The molecule has 1 aliphatic heterocycles. The minimum Gasteiger partial charge on any atom is -0.295 e. The Morgan fingerprint density at radius 2 is 1.65 bits per heavy atom. The third-order valence-corrected chi connectivity index (χ3v) is 4.61. The van der Waals surface area contributed by atoms with Crippen molar-refractivity contribution in [2.24, 2.45) is 10.8 Å². The van der Waals surface area contributed by atoms with E-state index in [1.54, 1.807) is 0 Å². The van der Waals surface area contributed by atoms with Crippen LogP contribution in [0.5, 0.6) is 0 Å². The zero-order valence-electron chi connectivity index (χ0n) is 11.2. The zero-order valence-corrected chi connectivity index (χ0v) is 11.2. The minimum atomic E-state index is 0.588. The lowest BCUT2D eigenvalue weighted by atomic mass is 9.51. The highest BCUT2D eigenvalue weighted by atomic mass is 15.2. The highest BCUT2D eigenvalue weighted by Crippen LogP contribution is 2.59. The number of nitrogens with zero attached hydrogens (tertiary/aromatic N) is 1. The molecule has 1 nitrogen and oxygen atoms in total. The second-order valence-corrected chi connectivity index (χ2v) is 7.01. The van der Waals surface area contributed by atoms with Gasteiger partial charge in [0.15, 0.2) is 0 Å². The summed E-state index contributed by atoms with van der Waals surface area (Å²) in [5.41, 5.74) is 2.76. The van der Waals surface area contributed by atoms with Crippen molar-refractivity contribution in [2.45, 2.75) is 39.7 Å². The SMILES string of the molecule is CC(c1ccccc1)N1CC2(C1)CC(C)(C)C2. The lowest BCUT2D eigenvalue weighted by Crippen LogP contribution is -2.64. The van der Waals surface area contributed by atoms with Gasteiger partial charge in [0.25, 0.3) is 0 Å². The maximum absolute atomic E-state index is 2.63. The Labute approximate surface area is 105 Å². The van der Waals surface area contributed by atoms with Crippen LogP contribution in [-0.2, 0) is 0 Å². The first kappa shape index (κ1) is 11.3. The van der Waals surface area contributed by atoms with E-state index in [0.717, 1.165) is 0 Å². The summed E-state index contributed by atoms with van der Waals surface area (Å²) >= 11 is 0. The third kappa shape index (κ3) is 1.91. The van der Waals surface area contributed by atoms with Crippen molar-refractivity contribution in [1.29, 1.82) is 0 Å². The van der Waals surface area contributed by atoms with Crippen LogP contribution in [0.2, 0.25) is 0 Å². The molecule has 2 aliphatic rings. The first-order chi connectivity index (χ1) is 8.00. The van der Waals surface area contributed by atoms with Gasteiger partial charge in [0.05, 0.1) is 0 Å². The zero-order chi connectivity index (χ0) is 12.1. The topological polar surface area (TPSA) is 3.24 Å². The molecule has 2 fully saturated rings. The fraction of sp³-hybridized carbons (Fsp3) is 0.625. The molecule has 1 atom stereocenters. The van der Waals surface area contributed by atoms with Gasteiger partial charge in [-0.25, -0.2) is 0 Å². The molecule has 1 heterocycles. The Morgan fingerprint density at radius 1 is 1.06 bits per heavy atom. The molecule has 0 amide bonds. The lowest BCUT2D eigenvalue weighted by molar-refractivity contribution is -0.142. The summed E-state index contributed by atoms with van der Waals surface area (Å²) in [6, 6.07) is 11.5. The first-order valence-corrected chi connectivity index (χ1v) is 6.79. The van der Waals surface area contributed by atoms with Crippen LogP contribution >= 0.6 is 0 Å². The van der Waals surface area contributed by atoms with Crippen LogP contribution in [0.1, 0.15) is 45.2 Å². The molecule has 1 aromatic rings. The fourth-order valence-corrected chi connectivity index (χ4v) is 4.23. The first-order valence-electron chi connectivity index (χ1n) is 6.79. The number of likely N-dealkylation sites (tertiary alicyclic amines) is 1. The van der Waals surface area contributed by atoms with Crippen LogP contribution in [0.15, 0.2) is 30.3 Å². The average molecular weight is 229 g/mol. The standard InChI is InChI=1S/C16H23N/c1-13(14-7-5-4-6-8-14)17-11-16(12-17)9-15(2,3)10-16/h4-8,13H,9-12H2,1-3H3. The van der Waals surface area contributed by atoms with Gasteiger partial charge in [-0.05, 0) is 36.2 Å². The summed E-state index contributed by atoms with van der Waals surface area (Å²) < 4.78 is 0. The van der Waals surface area contributed by atoms with Gasteiger partial charge in [-0.3, -0.25) is 4.90 Å². The quantitative estimate of drug-likeness (QED) is 0.744. The minimum absolute atomic E-state index is 0.588. The van der Waals surface area contributed by atoms with Gasteiger partial charge in [0, 0.05) is 19.1 Å². The molecule has 0 bridgehead atoms. The predicted octanol–water partition coefficient (Wildman–Crippen LogP) is 3.87. The molecule has 1 aromatic carbocycles. The summed E-state index contributed by atoms with van der Waals surface area (Å²) in [4.78, 5) is 2.63. The number of benzene rings is 1. The van der Waals surface area contributed by atoms with Crippen LogP contribution in [0, 0.1) is 10.8 Å². The Bertz CT molecular complexity index is 391. The van der Waals surface area contributed by atoms with Crippen molar-refractivity contribution in [2.75, 3.05) is 13.1 Å². The Morgan fingerprint density at radius 3 is 2.18 bits per heavy atom. The molecular formula is C16H23N. The van der Waals surface area contributed by atoms with E-state index in [1.165, 1.54) is 31.5 Å². The molecule has 0 radical (unpaired) electrons. The molecule has 1 spiro atoms. The van der Waals surface area contributed by atoms with E-state index in [4.69, 9.17) is 0 Å². The monoisotopic (exact) mass is 229 g/mol. The van der Waals surface area contributed by atoms with Gasteiger partial charge in [0.2, 0.25) is 0 Å². The molecule has 1 saturated carbocycles. The molecule has 1 saturated heterocycles. The Hall–Kier alpha value is -0.820. The van der Waals surface area contributed by atoms with Gasteiger partial charge in [-0.2, -0.15) is 0 Å². The molecule has 0 N–H and O–H groups in total. The molecule has 1 unspecified atom stereocenters. The predicted molar refractivity (Wildman–Crippen MR) is 71.9 cm³/mol. The summed E-state index contributed by atoms with van der Waals surface area (Å²) in [6.45, 7) is 9.77. The van der Waals surface area contributed by atoms with Crippen LogP contribution in [0.4, 0.5) is 0 Å². The maximum Gasteiger partial charge on any atom is 0.0320 e. The smallest absolute Gasteiger partial charge is 0.0320 e. The van der Waals surface area contributed by atoms with Crippen LogP contribution < -0.4 is 0 Å². The second kappa shape index (κ2) is 3.58. The van der Waals surface area contributed by atoms with Crippen LogP contribution in [-0.4, -0.2) is 18.0 Å². The van der Waals surface area contributed by atoms with E-state index in [9.17, 15) is 0 Å². The van der Waals surface area contributed by atoms with Gasteiger partial charge < -0.3 is 0 Å². The largest absolute Gasteiger partial charge is 0.295 e. The van der Waals surface area contributed by atoms with Crippen LogP contribution in [0.25, 0.3) is 0 Å². The van der Waals surface area contributed by atoms with Gasteiger partial charge in [-0.15, -0.1) is 0 Å². The van der Waals surface area contributed by atoms with E-state index in [1.807, 2.05) is 0 Å². The summed E-state index contributed by atoms with van der Waals surface area (Å²) in [5, 5.41) is 0. The number of hydrogen-bond acceptors (Lipinski definition) is 1. The second-order valence-electron chi connectivity index (χ2n) is 7.01. The van der Waals surface area contributed by atoms with Crippen molar-refractivity contribution in [3.05, 3.63) is 35.9 Å². The Balaban J connectivity index is 1.60. The molecule has 3 rings (SSSR count). The van der Waals surface area contributed by atoms with Crippen molar-refractivity contribution < 1.29 is 0 Å². The molecule has 17 heavy (non-hydrogen) atoms. The highest BCUT2D eigenvalue weighted by molar-refractivity contribution is 5.20. The van der Waals surface area contributed by atoms with Gasteiger partial charge in [-0.1, -0.05) is 44.2 Å². The molecule has 92 valence electrons. The molecule has 1 aliphatic carbocycles. The lowest BCUT2D eigenvalue weighted by Gasteiger charge is -2.64. The Kier molecular flexibility index (Phi) is 2.38. The van der Waals surface area contributed by atoms with Gasteiger partial charge >= 0.3 is 0 Å². The summed E-state index contributed by atoms with van der Waals surface area (Å²) in [6.07, 6.45) is 2.86. The normalized spacial score (nSPS) is 27.2.